The van der Waals surface area contributed by atoms with E-state index in [-0.39, 0.29) is 12.4 Å². The number of rotatable bonds is 6. The van der Waals surface area contributed by atoms with Crippen molar-refractivity contribution in [3.63, 3.8) is 0 Å². The summed E-state index contributed by atoms with van der Waals surface area (Å²) in [6.45, 7) is 1.76. The van der Waals surface area contributed by atoms with Crippen LogP contribution in [0.25, 0.3) is 22.1 Å². The average Bonchev–Trinajstić information content (AvgIpc) is 2.77. The number of hydrogen-bond donors (Lipinski definition) is 0. The number of ketones is 1. The van der Waals surface area contributed by atoms with Gasteiger partial charge in [0.15, 0.2) is 12.4 Å². The molecule has 0 atom stereocenters. The minimum absolute atomic E-state index is 0.121. The number of fused-ring (bicyclic) bond motifs is 1. The van der Waals surface area contributed by atoms with Gasteiger partial charge in [-0.3, -0.25) is 4.79 Å². The summed E-state index contributed by atoms with van der Waals surface area (Å²) >= 11 is 0. The molecule has 0 aliphatic carbocycles. The van der Waals surface area contributed by atoms with E-state index in [1.54, 1.807) is 25.3 Å². The summed E-state index contributed by atoms with van der Waals surface area (Å²) in [6, 6.07) is 21.4. The smallest absolute Gasteiger partial charge is 0.336 e. The Hall–Kier alpha value is -3.86. The van der Waals surface area contributed by atoms with Crippen molar-refractivity contribution >= 4 is 16.8 Å². The SMILES string of the molecule is COc1ccc(-c2cc(=O)oc3cc(C)cc(OCC(=O)c4ccccc4)c23)cc1. The Morgan fingerprint density at radius 2 is 1.70 bits per heavy atom. The van der Waals surface area contributed by atoms with Crippen LogP contribution in [-0.2, 0) is 0 Å². The van der Waals surface area contributed by atoms with Crippen LogP contribution in [-0.4, -0.2) is 19.5 Å². The van der Waals surface area contributed by atoms with E-state index in [0.717, 1.165) is 11.1 Å². The highest BCUT2D eigenvalue weighted by Gasteiger charge is 2.16. The summed E-state index contributed by atoms with van der Waals surface area (Å²) in [5.74, 6) is 1.07. The molecule has 0 amide bonds. The van der Waals surface area contributed by atoms with Crippen molar-refractivity contribution in [1.29, 1.82) is 0 Å². The van der Waals surface area contributed by atoms with E-state index < -0.39 is 5.63 Å². The molecule has 4 rings (SSSR count). The number of carbonyl (C=O) groups is 1. The van der Waals surface area contributed by atoms with Crippen LogP contribution in [0.4, 0.5) is 0 Å². The second kappa shape index (κ2) is 8.25. The fourth-order valence-electron chi connectivity index (χ4n) is 3.36. The third-order valence-corrected chi connectivity index (χ3v) is 4.81. The molecule has 1 aromatic heterocycles. The van der Waals surface area contributed by atoms with Crippen molar-refractivity contribution in [3.05, 3.63) is 94.3 Å². The third kappa shape index (κ3) is 3.96. The maximum Gasteiger partial charge on any atom is 0.336 e. The third-order valence-electron chi connectivity index (χ3n) is 4.81. The van der Waals surface area contributed by atoms with Gasteiger partial charge in [-0.25, -0.2) is 4.79 Å². The zero-order chi connectivity index (χ0) is 21.1. The van der Waals surface area contributed by atoms with Gasteiger partial charge in [0.05, 0.1) is 12.5 Å². The zero-order valence-corrected chi connectivity index (χ0v) is 16.7. The normalized spacial score (nSPS) is 10.7. The van der Waals surface area contributed by atoms with Crippen LogP contribution in [0.2, 0.25) is 0 Å². The topological polar surface area (TPSA) is 65.7 Å². The molecule has 30 heavy (non-hydrogen) atoms. The van der Waals surface area contributed by atoms with E-state index >= 15 is 0 Å². The summed E-state index contributed by atoms with van der Waals surface area (Å²) in [7, 11) is 1.60. The van der Waals surface area contributed by atoms with Gasteiger partial charge < -0.3 is 13.9 Å². The predicted molar refractivity (Wildman–Crippen MR) is 115 cm³/mol. The molecule has 5 heteroatoms. The number of methoxy groups -OCH3 is 1. The molecular weight excluding hydrogens is 380 g/mol. The molecular formula is C25H20O5. The molecule has 0 aliphatic heterocycles. The second-order valence-corrected chi connectivity index (χ2v) is 6.92. The van der Waals surface area contributed by atoms with Crippen LogP contribution in [0, 0.1) is 6.92 Å². The quantitative estimate of drug-likeness (QED) is 0.335. The van der Waals surface area contributed by atoms with E-state index in [0.29, 0.717) is 33.6 Å². The molecule has 1 heterocycles. The minimum atomic E-state index is -0.453. The molecule has 150 valence electrons. The van der Waals surface area contributed by atoms with Crippen molar-refractivity contribution in [3.8, 4) is 22.6 Å². The fourth-order valence-corrected chi connectivity index (χ4v) is 3.36. The highest BCUT2D eigenvalue weighted by atomic mass is 16.5. The molecule has 0 saturated heterocycles. The molecule has 3 aromatic carbocycles. The zero-order valence-electron chi connectivity index (χ0n) is 16.7. The van der Waals surface area contributed by atoms with E-state index in [2.05, 4.69) is 0 Å². The Labute approximate surface area is 173 Å². The van der Waals surface area contributed by atoms with Crippen LogP contribution in [0.5, 0.6) is 11.5 Å². The lowest BCUT2D eigenvalue weighted by atomic mass is 10.00. The summed E-state index contributed by atoms with van der Waals surface area (Å²) in [5.41, 5.74) is 2.89. The molecule has 0 aliphatic rings. The first-order chi connectivity index (χ1) is 14.5. The van der Waals surface area contributed by atoms with Crippen LogP contribution in [0.15, 0.2) is 82.0 Å². The van der Waals surface area contributed by atoms with Crippen LogP contribution in [0.3, 0.4) is 0 Å². The van der Waals surface area contributed by atoms with Crippen molar-refractivity contribution in [2.45, 2.75) is 6.92 Å². The van der Waals surface area contributed by atoms with Crippen LogP contribution >= 0.6 is 0 Å². The van der Waals surface area contributed by atoms with Crippen LogP contribution < -0.4 is 15.1 Å². The number of benzene rings is 3. The maximum atomic E-state index is 12.5. The molecule has 0 bridgehead atoms. The van der Waals surface area contributed by atoms with Gasteiger partial charge in [-0.05, 0) is 42.3 Å². The van der Waals surface area contributed by atoms with E-state index in [4.69, 9.17) is 13.9 Å². The first kappa shape index (κ1) is 19.5. The lowest BCUT2D eigenvalue weighted by molar-refractivity contribution is 0.0922. The van der Waals surface area contributed by atoms with Gasteiger partial charge in [0.25, 0.3) is 0 Å². The number of hydrogen-bond acceptors (Lipinski definition) is 5. The maximum absolute atomic E-state index is 12.5. The molecule has 0 radical (unpaired) electrons. The molecule has 5 nitrogen and oxygen atoms in total. The monoisotopic (exact) mass is 400 g/mol. The van der Waals surface area contributed by atoms with Gasteiger partial charge in [0.1, 0.15) is 17.1 Å². The molecule has 0 saturated carbocycles. The molecule has 0 spiro atoms. The van der Waals surface area contributed by atoms with Gasteiger partial charge in [-0.15, -0.1) is 0 Å². The fraction of sp³-hybridized carbons (Fsp3) is 0.120. The Kier molecular flexibility index (Phi) is 5.35. The minimum Gasteiger partial charge on any atom is -0.497 e. The van der Waals surface area contributed by atoms with Crippen LogP contribution in [0.1, 0.15) is 15.9 Å². The van der Waals surface area contributed by atoms with Crippen molar-refractivity contribution in [1.82, 2.24) is 0 Å². The van der Waals surface area contributed by atoms with E-state index in [9.17, 15) is 9.59 Å². The Morgan fingerprint density at radius 3 is 2.40 bits per heavy atom. The van der Waals surface area contributed by atoms with Crippen molar-refractivity contribution in [2.24, 2.45) is 0 Å². The number of carbonyl (C=O) groups excluding carboxylic acids is 1. The predicted octanol–water partition coefficient (Wildman–Crippen LogP) is 5.04. The highest BCUT2D eigenvalue weighted by molar-refractivity contribution is 6.00. The average molecular weight is 400 g/mol. The van der Waals surface area contributed by atoms with Gasteiger partial charge in [0.2, 0.25) is 0 Å². The first-order valence-corrected chi connectivity index (χ1v) is 9.49. The van der Waals surface area contributed by atoms with Gasteiger partial charge in [0, 0.05) is 17.2 Å². The summed E-state index contributed by atoms with van der Waals surface area (Å²) < 4.78 is 16.6. The highest BCUT2D eigenvalue weighted by Crippen LogP contribution is 2.36. The molecule has 0 unspecified atom stereocenters. The largest absolute Gasteiger partial charge is 0.497 e. The summed E-state index contributed by atoms with van der Waals surface area (Å²) in [6.07, 6.45) is 0. The van der Waals surface area contributed by atoms with E-state index in [1.165, 1.54) is 6.07 Å². The summed E-state index contributed by atoms with van der Waals surface area (Å²) in [5, 5.41) is 0.645. The van der Waals surface area contributed by atoms with Crippen molar-refractivity contribution < 1.29 is 18.7 Å². The number of ether oxygens (including phenoxy) is 2. The van der Waals surface area contributed by atoms with E-state index in [1.807, 2.05) is 55.5 Å². The van der Waals surface area contributed by atoms with Gasteiger partial charge in [-0.2, -0.15) is 0 Å². The summed E-state index contributed by atoms with van der Waals surface area (Å²) in [4.78, 5) is 24.7. The second-order valence-electron chi connectivity index (χ2n) is 6.92. The molecule has 0 fully saturated rings. The van der Waals surface area contributed by atoms with Crippen molar-refractivity contribution in [2.75, 3.05) is 13.7 Å². The Bertz CT molecular complexity index is 1250. The lowest BCUT2D eigenvalue weighted by Gasteiger charge is -2.13. The Morgan fingerprint density at radius 1 is 0.967 bits per heavy atom. The lowest BCUT2D eigenvalue weighted by Crippen LogP contribution is -2.12. The number of Topliss-reactive ketones (excluding diaryl/α,β-unsaturated/α-hetero) is 1. The standard InChI is InChI=1S/C25H20O5/c1-16-12-22(29-15-21(26)18-6-4-3-5-7-18)25-20(14-24(27)30-23(25)13-16)17-8-10-19(28-2)11-9-17/h3-14H,15H2,1-2H3. The first-order valence-electron chi connectivity index (χ1n) is 9.49. The Balaban J connectivity index is 1.78. The molecule has 0 N–H and O–H groups in total. The number of aryl methyl sites for hydroxylation is 1. The van der Waals surface area contributed by atoms with Gasteiger partial charge >= 0.3 is 5.63 Å². The van der Waals surface area contributed by atoms with Gasteiger partial charge in [-0.1, -0.05) is 42.5 Å². The molecule has 4 aromatic rings.